The van der Waals surface area contributed by atoms with E-state index < -0.39 is 10.8 Å². The first-order chi connectivity index (χ1) is 10.6. The molecule has 2 rings (SSSR count). The monoisotopic (exact) mass is 300 g/mol. The van der Waals surface area contributed by atoms with E-state index >= 15 is 0 Å². The standard InChI is InChI=1S/C14H12N4O4/c19-14(17-16-9-11-2-1-7-15-8-11)10-22-13-5-3-12(4-6-13)18(20)21/h1-9H,10H2,(H,17,19)/b16-9+. The van der Waals surface area contributed by atoms with Crippen LogP contribution >= 0.6 is 0 Å². The number of amides is 1. The second kappa shape index (κ2) is 7.48. The molecule has 112 valence electrons. The fourth-order valence-corrected chi connectivity index (χ4v) is 1.48. The van der Waals surface area contributed by atoms with Gasteiger partial charge in [-0.25, -0.2) is 5.43 Å². The zero-order valence-electron chi connectivity index (χ0n) is 11.4. The van der Waals surface area contributed by atoms with Crippen molar-refractivity contribution in [3.63, 3.8) is 0 Å². The lowest BCUT2D eigenvalue weighted by Gasteiger charge is -2.04. The molecule has 0 saturated heterocycles. The van der Waals surface area contributed by atoms with E-state index in [-0.39, 0.29) is 12.3 Å². The maximum Gasteiger partial charge on any atom is 0.277 e. The van der Waals surface area contributed by atoms with Gasteiger partial charge < -0.3 is 4.74 Å². The first-order valence-corrected chi connectivity index (χ1v) is 6.24. The van der Waals surface area contributed by atoms with Crippen molar-refractivity contribution in [1.29, 1.82) is 0 Å². The number of non-ortho nitro benzene ring substituents is 1. The third-order valence-electron chi connectivity index (χ3n) is 2.50. The van der Waals surface area contributed by atoms with Crippen molar-refractivity contribution in [1.82, 2.24) is 10.4 Å². The van der Waals surface area contributed by atoms with Gasteiger partial charge in [0.25, 0.3) is 11.6 Å². The smallest absolute Gasteiger partial charge is 0.277 e. The Morgan fingerprint density at radius 2 is 2.14 bits per heavy atom. The van der Waals surface area contributed by atoms with Gasteiger partial charge in [-0.1, -0.05) is 6.07 Å². The third-order valence-corrected chi connectivity index (χ3v) is 2.50. The van der Waals surface area contributed by atoms with E-state index in [0.717, 1.165) is 5.56 Å². The molecule has 1 heterocycles. The number of rotatable bonds is 6. The zero-order chi connectivity index (χ0) is 15.8. The molecule has 0 spiro atoms. The Morgan fingerprint density at radius 1 is 1.36 bits per heavy atom. The lowest BCUT2D eigenvalue weighted by Crippen LogP contribution is -2.24. The third kappa shape index (κ3) is 4.67. The van der Waals surface area contributed by atoms with Crippen LogP contribution in [0, 0.1) is 10.1 Å². The Bertz CT molecular complexity index is 671. The van der Waals surface area contributed by atoms with E-state index in [0.29, 0.717) is 5.75 Å². The molecule has 22 heavy (non-hydrogen) atoms. The second-order valence-electron chi connectivity index (χ2n) is 4.12. The molecule has 0 aliphatic heterocycles. The molecule has 8 heteroatoms. The zero-order valence-corrected chi connectivity index (χ0v) is 11.4. The minimum absolute atomic E-state index is 0.0436. The lowest BCUT2D eigenvalue weighted by atomic mass is 10.3. The van der Waals surface area contributed by atoms with Gasteiger partial charge in [0.1, 0.15) is 5.75 Å². The molecular formula is C14H12N4O4. The highest BCUT2D eigenvalue weighted by atomic mass is 16.6. The van der Waals surface area contributed by atoms with Crippen molar-refractivity contribution in [2.45, 2.75) is 0 Å². The number of nitrogens with one attached hydrogen (secondary N) is 1. The van der Waals surface area contributed by atoms with Crippen LogP contribution in [0.5, 0.6) is 5.75 Å². The molecule has 0 bridgehead atoms. The minimum Gasteiger partial charge on any atom is -0.484 e. The summed E-state index contributed by atoms with van der Waals surface area (Å²) in [7, 11) is 0. The maximum atomic E-state index is 11.5. The number of pyridine rings is 1. The first-order valence-electron chi connectivity index (χ1n) is 6.24. The Kier molecular flexibility index (Phi) is 5.14. The SMILES string of the molecule is O=C(COc1ccc([N+](=O)[O-])cc1)N/N=C/c1cccnc1. The number of hydrazone groups is 1. The van der Waals surface area contributed by atoms with Crippen molar-refractivity contribution in [3.8, 4) is 5.75 Å². The van der Waals surface area contributed by atoms with E-state index in [1.165, 1.54) is 30.5 Å². The molecule has 1 aromatic heterocycles. The molecule has 0 fully saturated rings. The number of nitro benzene ring substituents is 1. The van der Waals surface area contributed by atoms with Crippen LogP contribution in [0.2, 0.25) is 0 Å². The predicted octanol–water partition coefficient (Wildman–Crippen LogP) is 1.52. The van der Waals surface area contributed by atoms with Crippen molar-refractivity contribution in [2.75, 3.05) is 6.61 Å². The number of nitro groups is 1. The van der Waals surface area contributed by atoms with Crippen molar-refractivity contribution >= 4 is 17.8 Å². The Morgan fingerprint density at radius 3 is 2.77 bits per heavy atom. The van der Waals surface area contributed by atoms with Crippen LogP contribution in [0.4, 0.5) is 5.69 Å². The molecule has 0 saturated carbocycles. The Balaban J connectivity index is 1.78. The van der Waals surface area contributed by atoms with Crippen LogP contribution in [0.25, 0.3) is 0 Å². The van der Waals surface area contributed by atoms with E-state index in [4.69, 9.17) is 4.74 Å². The molecule has 1 aromatic carbocycles. The number of ether oxygens (including phenoxy) is 1. The van der Waals surface area contributed by atoms with Gasteiger partial charge in [-0.2, -0.15) is 5.10 Å². The topological polar surface area (TPSA) is 107 Å². The summed E-state index contributed by atoms with van der Waals surface area (Å²) in [4.78, 5) is 25.4. The summed E-state index contributed by atoms with van der Waals surface area (Å²) in [6, 6.07) is 8.98. The van der Waals surface area contributed by atoms with Crippen LogP contribution in [-0.2, 0) is 4.79 Å². The fraction of sp³-hybridized carbons (Fsp3) is 0.0714. The van der Waals surface area contributed by atoms with Crippen molar-refractivity contribution in [3.05, 3.63) is 64.5 Å². The van der Waals surface area contributed by atoms with Crippen LogP contribution in [-0.4, -0.2) is 28.6 Å². The molecule has 0 atom stereocenters. The van der Waals surface area contributed by atoms with Gasteiger partial charge in [0.15, 0.2) is 6.61 Å². The molecule has 1 amide bonds. The molecule has 0 unspecified atom stereocenters. The van der Waals surface area contributed by atoms with Gasteiger partial charge in [-0.05, 0) is 18.2 Å². The van der Waals surface area contributed by atoms with Crippen LogP contribution in [0.3, 0.4) is 0 Å². The summed E-state index contributed by atoms with van der Waals surface area (Å²) in [5.74, 6) is -0.0875. The van der Waals surface area contributed by atoms with Crippen LogP contribution in [0.1, 0.15) is 5.56 Å². The lowest BCUT2D eigenvalue weighted by molar-refractivity contribution is -0.384. The van der Waals surface area contributed by atoms with Crippen LogP contribution in [0.15, 0.2) is 53.9 Å². The minimum atomic E-state index is -0.510. The molecule has 8 nitrogen and oxygen atoms in total. The fourth-order valence-electron chi connectivity index (χ4n) is 1.48. The van der Waals surface area contributed by atoms with E-state index in [1.807, 2.05) is 0 Å². The van der Waals surface area contributed by atoms with Gasteiger partial charge in [-0.15, -0.1) is 0 Å². The summed E-state index contributed by atoms with van der Waals surface area (Å²) in [6.07, 6.45) is 4.69. The Hall–Kier alpha value is -3.29. The average Bonchev–Trinajstić information content (AvgIpc) is 2.54. The second-order valence-corrected chi connectivity index (χ2v) is 4.12. The van der Waals surface area contributed by atoms with E-state index in [2.05, 4.69) is 15.5 Å². The molecule has 1 N–H and O–H groups in total. The molecule has 0 aliphatic carbocycles. The summed E-state index contributed by atoms with van der Waals surface area (Å²) >= 11 is 0. The summed E-state index contributed by atoms with van der Waals surface area (Å²) < 4.78 is 5.18. The number of carbonyl (C=O) groups is 1. The number of hydrogen-bond acceptors (Lipinski definition) is 6. The number of carbonyl (C=O) groups excluding carboxylic acids is 1. The largest absolute Gasteiger partial charge is 0.484 e. The van der Waals surface area contributed by atoms with Gasteiger partial charge in [-0.3, -0.25) is 19.9 Å². The number of benzene rings is 1. The number of hydrogen-bond donors (Lipinski definition) is 1. The van der Waals surface area contributed by atoms with Crippen molar-refractivity contribution in [2.24, 2.45) is 5.10 Å². The molecule has 2 aromatic rings. The molecular weight excluding hydrogens is 288 g/mol. The normalized spacial score (nSPS) is 10.4. The summed E-state index contributed by atoms with van der Waals surface area (Å²) in [5, 5.41) is 14.3. The highest BCUT2D eigenvalue weighted by molar-refractivity contribution is 5.82. The van der Waals surface area contributed by atoms with Gasteiger partial charge in [0.2, 0.25) is 0 Å². The van der Waals surface area contributed by atoms with E-state index in [9.17, 15) is 14.9 Å². The van der Waals surface area contributed by atoms with E-state index in [1.54, 1.807) is 24.5 Å². The van der Waals surface area contributed by atoms with Crippen LogP contribution < -0.4 is 10.2 Å². The summed E-state index contributed by atoms with van der Waals surface area (Å²) in [5.41, 5.74) is 3.01. The quantitative estimate of drug-likeness (QED) is 0.494. The Labute approximate surface area is 125 Å². The van der Waals surface area contributed by atoms with Gasteiger partial charge in [0, 0.05) is 30.1 Å². The van der Waals surface area contributed by atoms with Crippen molar-refractivity contribution < 1.29 is 14.5 Å². The number of nitrogens with zero attached hydrogens (tertiary/aromatic N) is 3. The predicted molar refractivity (Wildman–Crippen MR) is 78.6 cm³/mol. The van der Waals surface area contributed by atoms with Gasteiger partial charge >= 0.3 is 0 Å². The van der Waals surface area contributed by atoms with Gasteiger partial charge in [0.05, 0.1) is 11.1 Å². The molecule has 0 aliphatic rings. The molecule has 0 radical (unpaired) electrons. The first kappa shape index (κ1) is 15.1. The average molecular weight is 300 g/mol. The number of aromatic nitrogens is 1. The summed E-state index contributed by atoms with van der Waals surface area (Å²) in [6.45, 7) is -0.248. The maximum absolute atomic E-state index is 11.5. The highest BCUT2D eigenvalue weighted by Gasteiger charge is 2.05. The highest BCUT2D eigenvalue weighted by Crippen LogP contribution is 2.16.